The van der Waals surface area contributed by atoms with Gasteiger partial charge in [-0.15, -0.1) is 0 Å². The van der Waals surface area contributed by atoms with Crippen LogP contribution < -0.4 is 5.73 Å². The van der Waals surface area contributed by atoms with Gasteiger partial charge in [-0.05, 0) is 29.8 Å². The summed E-state index contributed by atoms with van der Waals surface area (Å²) < 4.78 is 31.5. The van der Waals surface area contributed by atoms with E-state index >= 15 is 0 Å². The molecule has 0 bridgehead atoms. The first kappa shape index (κ1) is 13.4. The summed E-state index contributed by atoms with van der Waals surface area (Å²) in [6.45, 7) is 0.393. The molecule has 0 saturated heterocycles. The Kier molecular flexibility index (Phi) is 3.45. The highest BCUT2D eigenvalue weighted by molar-refractivity contribution is 5.60. The molecule has 0 spiro atoms. The first-order chi connectivity index (χ1) is 10.2. The van der Waals surface area contributed by atoms with Crippen LogP contribution in [0.2, 0.25) is 0 Å². The van der Waals surface area contributed by atoms with Gasteiger partial charge < -0.3 is 10.3 Å². The maximum absolute atomic E-state index is 13.2. The average Bonchev–Trinajstić information content (AvgIpc) is 2.96. The third-order valence-electron chi connectivity index (χ3n) is 2.96. The normalized spacial score (nSPS) is 10.8. The van der Waals surface area contributed by atoms with Crippen LogP contribution >= 0.6 is 0 Å². The second-order valence-corrected chi connectivity index (χ2v) is 4.49. The van der Waals surface area contributed by atoms with E-state index in [9.17, 15) is 8.78 Å². The largest absolute Gasteiger partial charge is 0.334 e. The van der Waals surface area contributed by atoms with Gasteiger partial charge in [-0.3, -0.25) is 0 Å². The molecule has 0 fully saturated rings. The van der Waals surface area contributed by atoms with Crippen molar-refractivity contribution < 1.29 is 13.3 Å². The molecule has 2 aromatic carbocycles. The van der Waals surface area contributed by atoms with E-state index in [1.165, 1.54) is 0 Å². The van der Waals surface area contributed by atoms with Crippen LogP contribution in [0.4, 0.5) is 8.78 Å². The zero-order valence-corrected chi connectivity index (χ0v) is 10.9. The minimum absolute atomic E-state index is 0.126. The first-order valence-corrected chi connectivity index (χ1v) is 6.25. The van der Waals surface area contributed by atoms with Gasteiger partial charge in [0.05, 0.1) is 0 Å². The fraction of sp³-hybridized carbons (Fsp3) is 0.0667. The molecular weight excluding hydrogens is 276 g/mol. The van der Waals surface area contributed by atoms with Gasteiger partial charge in [0, 0.05) is 23.7 Å². The van der Waals surface area contributed by atoms with Gasteiger partial charge in [-0.2, -0.15) is 4.98 Å². The maximum Gasteiger partial charge on any atom is 0.258 e. The number of hydrogen-bond acceptors (Lipinski definition) is 4. The van der Waals surface area contributed by atoms with Gasteiger partial charge in [0.2, 0.25) is 5.82 Å². The summed E-state index contributed by atoms with van der Waals surface area (Å²) in [5.41, 5.74) is 7.42. The van der Waals surface area contributed by atoms with E-state index in [1.807, 2.05) is 18.2 Å². The molecule has 1 aromatic heterocycles. The Labute approximate surface area is 119 Å². The summed E-state index contributed by atoms with van der Waals surface area (Å²) in [7, 11) is 0. The fourth-order valence-electron chi connectivity index (χ4n) is 1.97. The molecule has 0 amide bonds. The Bertz CT molecular complexity index is 766. The summed E-state index contributed by atoms with van der Waals surface area (Å²) >= 11 is 0. The lowest BCUT2D eigenvalue weighted by atomic mass is 10.1. The van der Waals surface area contributed by atoms with Crippen molar-refractivity contribution in [1.82, 2.24) is 10.1 Å². The lowest BCUT2D eigenvalue weighted by Gasteiger charge is -1.98. The zero-order valence-electron chi connectivity index (χ0n) is 10.9. The molecule has 106 valence electrons. The van der Waals surface area contributed by atoms with Gasteiger partial charge in [0.25, 0.3) is 5.89 Å². The summed E-state index contributed by atoms with van der Waals surface area (Å²) in [6, 6.07) is 10.4. The molecule has 6 heteroatoms. The Morgan fingerprint density at radius 3 is 2.48 bits per heavy atom. The molecule has 2 N–H and O–H groups in total. The third-order valence-corrected chi connectivity index (χ3v) is 2.96. The standard InChI is InChI=1S/C15H11F2N3O/c16-12-5-11(6-13(17)7-12)14-19-15(21-20-14)10-3-1-2-9(4-10)8-18/h1-7H,8,18H2. The molecule has 4 nitrogen and oxygen atoms in total. The molecule has 21 heavy (non-hydrogen) atoms. The van der Waals surface area contributed by atoms with Crippen LogP contribution in [0.15, 0.2) is 47.0 Å². The quantitative estimate of drug-likeness (QED) is 0.803. The van der Waals surface area contributed by atoms with Gasteiger partial charge in [0.15, 0.2) is 0 Å². The van der Waals surface area contributed by atoms with Gasteiger partial charge in [-0.1, -0.05) is 17.3 Å². The van der Waals surface area contributed by atoms with Gasteiger partial charge >= 0.3 is 0 Å². The average molecular weight is 287 g/mol. The summed E-state index contributed by atoms with van der Waals surface area (Å²) in [5.74, 6) is -0.991. The third kappa shape index (κ3) is 2.80. The number of rotatable bonds is 3. The Hall–Kier alpha value is -2.60. The Morgan fingerprint density at radius 2 is 1.76 bits per heavy atom. The minimum atomic E-state index is -0.693. The fourth-order valence-corrected chi connectivity index (χ4v) is 1.97. The monoisotopic (exact) mass is 287 g/mol. The molecule has 3 aromatic rings. The van der Waals surface area contributed by atoms with Crippen molar-refractivity contribution in [1.29, 1.82) is 0 Å². The number of halogens is 2. The molecule has 0 unspecified atom stereocenters. The number of nitrogens with two attached hydrogens (primary N) is 1. The second-order valence-electron chi connectivity index (χ2n) is 4.49. The summed E-state index contributed by atoms with van der Waals surface area (Å²) in [6.07, 6.45) is 0. The van der Waals surface area contributed by atoms with Crippen LogP contribution in [-0.2, 0) is 6.54 Å². The predicted molar refractivity (Wildman–Crippen MR) is 73.0 cm³/mol. The molecular formula is C15H11F2N3O. The van der Waals surface area contributed by atoms with Crippen LogP contribution in [0.25, 0.3) is 22.8 Å². The van der Waals surface area contributed by atoms with Gasteiger partial charge in [0.1, 0.15) is 11.6 Å². The highest BCUT2D eigenvalue weighted by atomic mass is 19.1. The molecule has 0 atom stereocenters. The van der Waals surface area contributed by atoms with E-state index in [1.54, 1.807) is 6.07 Å². The SMILES string of the molecule is NCc1cccc(-c2nc(-c3cc(F)cc(F)c3)no2)c1. The summed E-state index contributed by atoms with van der Waals surface area (Å²) in [5, 5.41) is 3.75. The van der Waals surface area contributed by atoms with E-state index in [0.717, 1.165) is 23.8 Å². The van der Waals surface area contributed by atoms with Crippen molar-refractivity contribution in [3.63, 3.8) is 0 Å². The lowest BCUT2D eigenvalue weighted by Crippen LogP contribution is -1.95. The van der Waals surface area contributed by atoms with Crippen LogP contribution in [0.1, 0.15) is 5.56 Å². The highest BCUT2D eigenvalue weighted by Crippen LogP contribution is 2.24. The molecule has 3 rings (SSSR count). The smallest absolute Gasteiger partial charge is 0.258 e. The molecule has 0 radical (unpaired) electrons. The van der Waals surface area contributed by atoms with Crippen molar-refractivity contribution in [2.24, 2.45) is 5.73 Å². The van der Waals surface area contributed by atoms with Crippen LogP contribution in [0.5, 0.6) is 0 Å². The van der Waals surface area contributed by atoms with E-state index in [0.29, 0.717) is 12.1 Å². The topological polar surface area (TPSA) is 64.9 Å². The number of aromatic nitrogens is 2. The van der Waals surface area contributed by atoms with Crippen molar-refractivity contribution in [3.8, 4) is 22.8 Å². The van der Waals surface area contributed by atoms with Crippen molar-refractivity contribution in [3.05, 3.63) is 59.7 Å². The predicted octanol–water partition coefficient (Wildman–Crippen LogP) is 3.14. The number of nitrogens with zero attached hydrogens (tertiary/aromatic N) is 2. The zero-order chi connectivity index (χ0) is 14.8. The first-order valence-electron chi connectivity index (χ1n) is 6.25. The molecule has 0 aliphatic carbocycles. The maximum atomic E-state index is 13.2. The molecule has 0 saturated carbocycles. The number of hydrogen-bond donors (Lipinski definition) is 1. The number of benzene rings is 2. The van der Waals surface area contributed by atoms with Crippen LogP contribution in [-0.4, -0.2) is 10.1 Å². The highest BCUT2D eigenvalue weighted by Gasteiger charge is 2.12. The van der Waals surface area contributed by atoms with Crippen molar-refractivity contribution in [2.75, 3.05) is 0 Å². The molecule has 1 heterocycles. The molecule has 0 aliphatic heterocycles. The van der Waals surface area contributed by atoms with Crippen LogP contribution in [0.3, 0.4) is 0 Å². The van der Waals surface area contributed by atoms with Crippen LogP contribution in [0, 0.1) is 11.6 Å². The van der Waals surface area contributed by atoms with E-state index in [-0.39, 0.29) is 17.3 Å². The van der Waals surface area contributed by atoms with E-state index in [4.69, 9.17) is 10.3 Å². The lowest BCUT2D eigenvalue weighted by molar-refractivity contribution is 0.432. The van der Waals surface area contributed by atoms with E-state index < -0.39 is 11.6 Å². The van der Waals surface area contributed by atoms with Crippen molar-refractivity contribution in [2.45, 2.75) is 6.54 Å². The van der Waals surface area contributed by atoms with Gasteiger partial charge in [-0.25, -0.2) is 8.78 Å². The van der Waals surface area contributed by atoms with E-state index in [2.05, 4.69) is 10.1 Å². The Balaban J connectivity index is 1.99. The summed E-state index contributed by atoms with van der Waals surface area (Å²) in [4.78, 5) is 4.16. The Morgan fingerprint density at radius 1 is 1.00 bits per heavy atom. The molecule has 0 aliphatic rings. The van der Waals surface area contributed by atoms with Crippen molar-refractivity contribution >= 4 is 0 Å². The minimum Gasteiger partial charge on any atom is -0.334 e. The second kappa shape index (κ2) is 5.41.